The first kappa shape index (κ1) is 13.9. The summed E-state index contributed by atoms with van der Waals surface area (Å²) in [6.07, 6.45) is 1.60. The van der Waals surface area contributed by atoms with Crippen LogP contribution < -0.4 is 4.80 Å². The molecule has 2 aromatic heterocycles. The maximum atomic E-state index is 12.4. The molecular weight excluding hydrogens is 308 g/mol. The van der Waals surface area contributed by atoms with Gasteiger partial charge < -0.3 is 4.57 Å². The lowest BCUT2D eigenvalue weighted by Crippen LogP contribution is -2.14. The monoisotopic (exact) mass is 322 g/mol. The number of thiazole rings is 1. The molecule has 0 bridgehead atoms. The number of nitrogens with zero attached hydrogens (tertiary/aromatic N) is 4. The van der Waals surface area contributed by atoms with E-state index in [9.17, 15) is 4.79 Å². The van der Waals surface area contributed by atoms with Crippen molar-refractivity contribution in [2.45, 2.75) is 0 Å². The van der Waals surface area contributed by atoms with E-state index in [0.29, 0.717) is 10.5 Å². The van der Waals surface area contributed by atoms with E-state index in [1.54, 1.807) is 19.3 Å². The Kier molecular flexibility index (Phi) is 3.12. The van der Waals surface area contributed by atoms with Crippen LogP contribution in [0.4, 0.5) is 0 Å². The lowest BCUT2D eigenvalue weighted by molar-refractivity contribution is 0.0989. The molecular formula is C17H14N4OS. The zero-order chi connectivity index (χ0) is 16.0. The topological polar surface area (TPSA) is 52.2 Å². The van der Waals surface area contributed by atoms with Crippen LogP contribution in [-0.2, 0) is 14.1 Å². The predicted molar refractivity (Wildman–Crippen MR) is 91.4 cm³/mol. The summed E-state index contributed by atoms with van der Waals surface area (Å²) >= 11 is 1.53. The molecule has 2 aromatic carbocycles. The van der Waals surface area contributed by atoms with Crippen LogP contribution in [0.2, 0.25) is 0 Å². The summed E-state index contributed by atoms with van der Waals surface area (Å²) in [5.41, 5.74) is 1.55. The Balaban J connectivity index is 1.96. The molecule has 0 saturated heterocycles. The van der Waals surface area contributed by atoms with E-state index in [2.05, 4.69) is 34.4 Å². The molecule has 4 rings (SSSR count). The van der Waals surface area contributed by atoms with E-state index in [1.165, 1.54) is 26.8 Å². The molecule has 4 aromatic rings. The lowest BCUT2D eigenvalue weighted by Gasteiger charge is -1.99. The number of benzene rings is 2. The van der Waals surface area contributed by atoms with Gasteiger partial charge in [0.1, 0.15) is 5.69 Å². The average Bonchev–Trinajstić information content (AvgIpc) is 3.12. The molecule has 5 nitrogen and oxygen atoms in total. The van der Waals surface area contributed by atoms with Gasteiger partial charge in [0.2, 0.25) is 0 Å². The summed E-state index contributed by atoms with van der Waals surface area (Å²) < 4.78 is 4.64. The summed E-state index contributed by atoms with van der Waals surface area (Å²) in [5.74, 6) is -0.281. The number of fused-ring (bicyclic) bond motifs is 3. The highest BCUT2D eigenvalue weighted by Gasteiger charge is 2.11. The van der Waals surface area contributed by atoms with Crippen molar-refractivity contribution in [2.24, 2.45) is 19.1 Å². The normalized spacial score (nSPS) is 12.3. The van der Waals surface area contributed by atoms with Crippen molar-refractivity contribution < 1.29 is 4.79 Å². The van der Waals surface area contributed by atoms with Crippen LogP contribution in [0.25, 0.3) is 21.0 Å². The number of amides is 1. The third kappa shape index (κ3) is 2.19. The number of aromatic nitrogens is 3. The first-order valence-corrected chi connectivity index (χ1v) is 8.01. The minimum absolute atomic E-state index is 0.281. The molecule has 0 spiro atoms. The summed E-state index contributed by atoms with van der Waals surface area (Å²) in [4.78, 5) is 17.3. The third-order valence-corrected chi connectivity index (χ3v) is 5.12. The molecule has 0 unspecified atom stereocenters. The molecule has 0 atom stereocenters. The largest absolute Gasteiger partial charge is 0.319 e. The second kappa shape index (κ2) is 5.17. The quantitative estimate of drug-likeness (QED) is 0.541. The van der Waals surface area contributed by atoms with Crippen LogP contribution in [0, 0.1) is 0 Å². The van der Waals surface area contributed by atoms with Crippen molar-refractivity contribution in [1.82, 2.24) is 14.3 Å². The second-order valence-corrected chi connectivity index (χ2v) is 6.31. The van der Waals surface area contributed by atoms with E-state index in [4.69, 9.17) is 0 Å². The van der Waals surface area contributed by atoms with E-state index in [-0.39, 0.29) is 5.91 Å². The lowest BCUT2D eigenvalue weighted by atomic mass is 10.1. The Hall–Kier alpha value is -2.73. The van der Waals surface area contributed by atoms with Gasteiger partial charge in [0.15, 0.2) is 4.80 Å². The maximum absolute atomic E-state index is 12.4. The van der Waals surface area contributed by atoms with Gasteiger partial charge in [-0.1, -0.05) is 41.7 Å². The molecule has 114 valence electrons. The Morgan fingerprint density at radius 1 is 1.13 bits per heavy atom. The number of carbonyl (C=O) groups excluding carboxylic acids is 1. The van der Waals surface area contributed by atoms with Crippen LogP contribution in [0.15, 0.2) is 53.7 Å². The Morgan fingerprint density at radius 3 is 2.74 bits per heavy atom. The van der Waals surface area contributed by atoms with Gasteiger partial charge in [-0.25, -0.2) is 0 Å². The summed E-state index contributed by atoms with van der Waals surface area (Å²) in [6.45, 7) is 0. The highest BCUT2D eigenvalue weighted by Crippen LogP contribution is 2.27. The summed E-state index contributed by atoms with van der Waals surface area (Å²) in [6, 6.07) is 14.1. The molecule has 0 saturated carbocycles. The van der Waals surface area contributed by atoms with Gasteiger partial charge in [0.05, 0.1) is 10.2 Å². The Bertz CT molecular complexity index is 1120. The zero-order valence-corrected chi connectivity index (χ0v) is 13.5. The molecule has 0 aliphatic heterocycles. The third-order valence-electron chi connectivity index (χ3n) is 3.94. The number of rotatable bonds is 1. The molecule has 23 heavy (non-hydrogen) atoms. The predicted octanol–water partition coefficient (Wildman–Crippen LogP) is 2.87. The van der Waals surface area contributed by atoms with Crippen LogP contribution in [0.1, 0.15) is 10.5 Å². The van der Waals surface area contributed by atoms with Crippen LogP contribution >= 0.6 is 11.3 Å². The van der Waals surface area contributed by atoms with E-state index in [0.717, 1.165) is 10.2 Å². The number of aryl methyl sites for hydroxylation is 2. The van der Waals surface area contributed by atoms with Gasteiger partial charge in [-0.05, 0) is 17.5 Å². The summed E-state index contributed by atoms with van der Waals surface area (Å²) in [7, 11) is 3.67. The standard InChI is InChI=1S/C17H14N4OS/c1-20-13-8-7-11-5-3-4-6-12(11)15(13)23-17(20)19-16(22)14-9-10-18-21(14)2/h3-10H,1-2H3. The average molecular weight is 322 g/mol. The van der Waals surface area contributed by atoms with Crippen molar-refractivity contribution in [3.8, 4) is 0 Å². The van der Waals surface area contributed by atoms with Crippen molar-refractivity contribution in [1.29, 1.82) is 0 Å². The van der Waals surface area contributed by atoms with Crippen LogP contribution in [0.3, 0.4) is 0 Å². The summed E-state index contributed by atoms with van der Waals surface area (Å²) in [5, 5.41) is 6.38. The zero-order valence-electron chi connectivity index (χ0n) is 12.7. The fourth-order valence-electron chi connectivity index (χ4n) is 2.69. The minimum atomic E-state index is -0.281. The van der Waals surface area contributed by atoms with E-state index >= 15 is 0 Å². The maximum Gasteiger partial charge on any atom is 0.297 e. The molecule has 0 aliphatic rings. The number of hydrogen-bond acceptors (Lipinski definition) is 3. The van der Waals surface area contributed by atoms with Gasteiger partial charge >= 0.3 is 0 Å². The van der Waals surface area contributed by atoms with Crippen LogP contribution in [0.5, 0.6) is 0 Å². The first-order valence-electron chi connectivity index (χ1n) is 7.19. The molecule has 0 N–H and O–H groups in total. The second-order valence-electron chi connectivity index (χ2n) is 5.34. The molecule has 2 heterocycles. The Morgan fingerprint density at radius 2 is 1.96 bits per heavy atom. The van der Waals surface area contributed by atoms with Gasteiger partial charge in [-0.3, -0.25) is 9.48 Å². The van der Waals surface area contributed by atoms with Crippen LogP contribution in [-0.4, -0.2) is 20.3 Å². The van der Waals surface area contributed by atoms with E-state index < -0.39 is 0 Å². The van der Waals surface area contributed by atoms with Crippen molar-refractivity contribution in [2.75, 3.05) is 0 Å². The number of carbonyl (C=O) groups is 1. The smallest absolute Gasteiger partial charge is 0.297 e. The molecule has 1 amide bonds. The SMILES string of the molecule is Cn1nccc1C(=O)N=c1sc2c3ccccc3ccc2n1C. The molecule has 0 fully saturated rings. The fraction of sp³-hybridized carbons (Fsp3) is 0.118. The molecule has 0 radical (unpaired) electrons. The van der Waals surface area contributed by atoms with E-state index in [1.807, 2.05) is 23.7 Å². The Labute approximate surface area is 136 Å². The van der Waals surface area contributed by atoms with Gasteiger partial charge in [-0.2, -0.15) is 10.1 Å². The van der Waals surface area contributed by atoms with Crippen molar-refractivity contribution >= 4 is 38.2 Å². The minimum Gasteiger partial charge on any atom is -0.319 e. The molecule has 6 heteroatoms. The van der Waals surface area contributed by atoms with Gasteiger partial charge in [0, 0.05) is 25.7 Å². The molecule has 0 aliphatic carbocycles. The highest BCUT2D eigenvalue weighted by atomic mass is 32.1. The van der Waals surface area contributed by atoms with Crippen molar-refractivity contribution in [3.63, 3.8) is 0 Å². The van der Waals surface area contributed by atoms with Gasteiger partial charge in [-0.15, -0.1) is 0 Å². The van der Waals surface area contributed by atoms with Gasteiger partial charge in [0.25, 0.3) is 5.91 Å². The fourth-order valence-corrected chi connectivity index (χ4v) is 3.84. The van der Waals surface area contributed by atoms with Crippen molar-refractivity contribution in [3.05, 3.63) is 59.2 Å². The highest BCUT2D eigenvalue weighted by molar-refractivity contribution is 7.17. The number of hydrogen-bond donors (Lipinski definition) is 0. The first-order chi connectivity index (χ1) is 11.1.